The van der Waals surface area contributed by atoms with Crippen LogP contribution in [-0.2, 0) is 16.0 Å². The van der Waals surface area contributed by atoms with E-state index in [0.29, 0.717) is 11.1 Å². The molecular weight excluding hydrogens is 356 g/mol. The van der Waals surface area contributed by atoms with Gasteiger partial charge >= 0.3 is 0 Å². The van der Waals surface area contributed by atoms with Crippen molar-refractivity contribution in [3.63, 3.8) is 0 Å². The number of rotatable bonds is 9. The van der Waals surface area contributed by atoms with E-state index in [2.05, 4.69) is 12.2 Å². The summed E-state index contributed by atoms with van der Waals surface area (Å²) < 4.78 is 0. The molecule has 4 amide bonds. The zero-order valence-electron chi connectivity index (χ0n) is 16.5. The zero-order chi connectivity index (χ0) is 20.1. The third kappa shape index (κ3) is 4.32. The molecule has 0 aromatic heterocycles. The average Bonchev–Trinajstić information content (AvgIpc) is 2.92. The Balaban J connectivity index is 1.60. The van der Waals surface area contributed by atoms with Crippen molar-refractivity contribution in [2.45, 2.75) is 77.2 Å². The van der Waals surface area contributed by atoms with Crippen LogP contribution in [0.1, 0.15) is 91.0 Å². The van der Waals surface area contributed by atoms with E-state index in [0.717, 1.165) is 29.7 Å². The zero-order valence-corrected chi connectivity index (χ0v) is 16.5. The summed E-state index contributed by atoms with van der Waals surface area (Å²) in [6.45, 7) is 2.21. The van der Waals surface area contributed by atoms with Gasteiger partial charge in [-0.25, -0.2) is 0 Å². The Labute approximate surface area is 165 Å². The first-order valence-corrected chi connectivity index (χ1v) is 10.4. The minimum Gasteiger partial charge on any atom is -0.295 e. The maximum Gasteiger partial charge on any atom is 0.262 e. The Hall–Kier alpha value is -2.50. The van der Waals surface area contributed by atoms with Gasteiger partial charge in [-0.3, -0.25) is 29.4 Å². The van der Waals surface area contributed by atoms with E-state index in [1.807, 2.05) is 6.07 Å². The average molecular weight is 384 g/mol. The smallest absolute Gasteiger partial charge is 0.262 e. The molecule has 1 unspecified atom stereocenters. The van der Waals surface area contributed by atoms with E-state index in [4.69, 9.17) is 0 Å². The van der Waals surface area contributed by atoms with Crippen molar-refractivity contribution in [3.05, 3.63) is 34.9 Å². The van der Waals surface area contributed by atoms with Crippen molar-refractivity contribution in [3.8, 4) is 0 Å². The van der Waals surface area contributed by atoms with Crippen LogP contribution in [0.25, 0.3) is 0 Å². The summed E-state index contributed by atoms with van der Waals surface area (Å²) >= 11 is 0. The Bertz CT molecular complexity index is 787. The lowest BCUT2D eigenvalue weighted by atomic mass is 10.0. The number of carbonyl (C=O) groups is 4. The lowest BCUT2D eigenvalue weighted by Gasteiger charge is -2.27. The molecule has 0 aliphatic carbocycles. The largest absolute Gasteiger partial charge is 0.295 e. The number of hydrogen-bond donors (Lipinski definition) is 1. The predicted molar refractivity (Wildman–Crippen MR) is 105 cm³/mol. The van der Waals surface area contributed by atoms with E-state index in [-0.39, 0.29) is 18.7 Å². The molecule has 0 bridgehead atoms. The summed E-state index contributed by atoms with van der Waals surface area (Å²) in [5.41, 5.74) is 1.76. The van der Waals surface area contributed by atoms with Gasteiger partial charge in [0.05, 0.1) is 11.1 Å². The quantitative estimate of drug-likeness (QED) is 0.523. The van der Waals surface area contributed by atoms with Gasteiger partial charge in [0.25, 0.3) is 11.8 Å². The first-order valence-electron chi connectivity index (χ1n) is 10.4. The first kappa shape index (κ1) is 20.2. The van der Waals surface area contributed by atoms with Gasteiger partial charge in [0, 0.05) is 6.42 Å². The minimum absolute atomic E-state index is 0.132. The van der Waals surface area contributed by atoms with Gasteiger partial charge in [0.2, 0.25) is 11.8 Å². The molecule has 150 valence electrons. The summed E-state index contributed by atoms with van der Waals surface area (Å²) in [4.78, 5) is 49.9. The molecule has 2 aliphatic heterocycles. The Morgan fingerprint density at radius 1 is 0.929 bits per heavy atom. The van der Waals surface area contributed by atoms with Gasteiger partial charge < -0.3 is 0 Å². The topological polar surface area (TPSA) is 83.6 Å². The van der Waals surface area contributed by atoms with Gasteiger partial charge in [-0.1, -0.05) is 51.5 Å². The van der Waals surface area contributed by atoms with Crippen molar-refractivity contribution < 1.29 is 19.2 Å². The highest BCUT2D eigenvalue weighted by Crippen LogP contribution is 2.28. The number of carbonyl (C=O) groups excluding carboxylic acids is 4. The Morgan fingerprint density at radius 2 is 1.61 bits per heavy atom. The van der Waals surface area contributed by atoms with Crippen molar-refractivity contribution in [2.75, 3.05) is 0 Å². The van der Waals surface area contributed by atoms with E-state index >= 15 is 0 Å². The van der Waals surface area contributed by atoms with E-state index in [1.54, 1.807) is 12.1 Å². The first-order chi connectivity index (χ1) is 13.5. The molecule has 1 fully saturated rings. The summed E-state index contributed by atoms with van der Waals surface area (Å²) in [7, 11) is 0. The fraction of sp³-hybridized carbons (Fsp3) is 0.545. The standard InChI is InChI=1S/C22H28N2O4/c1-2-3-4-5-6-7-8-9-15-10-11-16-17(14-15)22(28)24(21(16)27)18-12-13-19(25)23-20(18)26/h10-11,14,18H,2-9,12-13H2,1H3,(H,23,25,26). The molecule has 1 aromatic rings. The van der Waals surface area contributed by atoms with E-state index < -0.39 is 23.8 Å². The summed E-state index contributed by atoms with van der Waals surface area (Å²) in [6, 6.07) is 4.47. The summed E-state index contributed by atoms with van der Waals surface area (Å²) in [5, 5.41) is 2.21. The molecule has 0 radical (unpaired) electrons. The molecule has 2 heterocycles. The number of imide groups is 2. The summed E-state index contributed by atoms with van der Waals surface area (Å²) in [5.74, 6) is -1.82. The van der Waals surface area contributed by atoms with Crippen molar-refractivity contribution in [1.29, 1.82) is 0 Å². The van der Waals surface area contributed by atoms with Gasteiger partial charge in [-0.2, -0.15) is 0 Å². The van der Waals surface area contributed by atoms with Gasteiger partial charge in [-0.15, -0.1) is 0 Å². The predicted octanol–water partition coefficient (Wildman–Crippen LogP) is 3.38. The van der Waals surface area contributed by atoms with Gasteiger partial charge in [0.1, 0.15) is 6.04 Å². The molecule has 3 rings (SSSR count). The Kier molecular flexibility index (Phi) is 6.60. The second-order valence-corrected chi connectivity index (χ2v) is 7.70. The molecule has 1 atom stereocenters. The van der Waals surface area contributed by atoms with Crippen LogP contribution < -0.4 is 5.32 Å². The fourth-order valence-electron chi connectivity index (χ4n) is 3.96. The third-order valence-electron chi connectivity index (χ3n) is 5.57. The fourth-order valence-corrected chi connectivity index (χ4v) is 3.96. The van der Waals surface area contributed by atoms with Gasteiger partial charge in [0.15, 0.2) is 0 Å². The van der Waals surface area contributed by atoms with Crippen molar-refractivity contribution in [2.24, 2.45) is 0 Å². The van der Waals surface area contributed by atoms with Crippen LogP contribution in [0, 0.1) is 0 Å². The molecule has 2 aliphatic rings. The lowest BCUT2D eigenvalue weighted by Crippen LogP contribution is -2.54. The second-order valence-electron chi connectivity index (χ2n) is 7.70. The molecular formula is C22H28N2O4. The number of nitrogens with zero attached hydrogens (tertiary/aromatic N) is 1. The number of nitrogens with one attached hydrogen (secondary N) is 1. The molecule has 6 heteroatoms. The number of aryl methyl sites for hydroxylation is 1. The SMILES string of the molecule is CCCCCCCCCc1ccc2c(c1)C(=O)N(C1CCC(=O)NC1=O)C2=O. The number of unbranched alkanes of at least 4 members (excludes halogenated alkanes) is 6. The maximum absolute atomic E-state index is 12.8. The van der Waals surface area contributed by atoms with Crippen LogP contribution in [-0.4, -0.2) is 34.6 Å². The third-order valence-corrected chi connectivity index (χ3v) is 5.57. The number of amides is 4. The van der Waals surface area contributed by atoms with Crippen LogP contribution in [0.3, 0.4) is 0 Å². The highest BCUT2D eigenvalue weighted by molar-refractivity contribution is 6.23. The maximum atomic E-state index is 12.8. The molecule has 1 N–H and O–H groups in total. The van der Waals surface area contributed by atoms with E-state index in [1.165, 1.54) is 32.1 Å². The minimum atomic E-state index is -0.906. The molecule has 0 spiro atoms. The molecule has 6 nitrogen and oxygen atoms in total. The van der Waals surface area contributed by atoms with Gasteiger partial charge in [-0.05, 0) is 37.0 Å². The van der Waals surface area contributed by atoms with Crippen LogP contribution in [0.2, 0.25) is 0 Å². The number of fused-ring (bicyclic) bond motifs is 1. The Morgan fingerprint density at radius 3 is 2.32 bits per heavy atom. The van der Waals surface area contributed by atoms with Crippen LogP contribution in [0.5, 0.6) is 0 Å². The highest BCUT2D eigenvalue weighted by atomic mass is 16.2. The molecule has 1 aromatic carbocycles. The number of hydrogen-bond acceptors (Lipinski definition) is 4. The lowest BCUT2D eigenvalue weighted by molar-refractivity contribution is -0.136. The van der Waals surface area contributed by atoms with Crippen LogP contribution in [0.15, 0.2) is 18.2 Å². The van der Waals surface area contributed by atoms with Crippen LogP contribution >= 0.6 is 0 Å². The van der Waals surface area contributed by atoms with Crippen LogP contribution in [0.4, 0.5) is 0 Å². The molecule has 0 saturated carbocycles. The highest BCUT2D eigenvalue weighted by Gasteiger charge is 2.44. The monoisotopic (exact) mass is 384 g/mol. The second kappa shape index (κ2) is 9.13. The van der Waals surface area contributed by atoms with Crippen molar-refractivity contribution >= 4 is 23.6 Å². The van der Waals surface area contributed by atoms with E-state index in [9.17, 15) is 19.2 Å². The summed E-state index contributed by atoms with van der Waals surface area (Å²) in [6.07, 6.45) is 9.75. The number of benzene rings is 1. The molecule has 1 saturated heterocycles. The van der Waals surface area contributed by atoms with Crippen molar-refractivity contribution in [1.82, 2.24) is 10.2 Å². The number of piperidine rings is 1. The normalized spacial score (nSPS) is 19.2. The molecule has 28 heavy (non-hydrogen) atoms.